The molecule has 106 valence electrons. The fraction of sp³-hybridized carbons (Fsp3) is 0.647. The number of hydrogen-bond donors (Lipinski definition) is 1. The van der Waals surface area contributed by atoms with Gasteiger partial charge < -0.3 is 5.32 Å². The Morgan fingerprint density at radius 3 is 2.58 bits per heavy atom. The van der Waals surface area contributed by atoms with Gasteiger partial charge in [0.1, 0.15) is 0 Å². The third-order valence-electron chi connectivity index (χ3n) is 4.36. The second kappa shape index (κ2) is 7.31. The number of halogens is 1. The Kier molecular flexibility index (Phi) is 5.72. The van der Waals surface area contributed by atoms with Crippen molar-refractivity contribution in [3.05, 3.63) is 34.9 Å². The molecular formula is C17H26ClN. The molecular weight excluding hydrogens is 254 g/mol. The Morgan fingerprint density at radius 1 is 1.16 bits per heavy atom. The maximum atomic E-state index is 6.35. The molecule has 1 aliphatic carbocycles. The van der Waals surface area contributed by atoms with Crippen LogP contribution in [-0.4, -0.2) is 13.1 Å². The minimum atomic E-state index is 0.429. The van der Waals surface area contributed by atoms with Crippen molar-refractivity contribution in [1.29, 1.82) is 0 Å². The molecule has 1 aromatic carbocycles. The van der Waals surface area contributed by atoms with Gasteiger partial charge in [-0.25, -0.2) is 0 Å². The first-order valence-electron chi connectivity index (χ1n) is 7.70. The molecule has 0 heterocycles. The van der Waals surface area contributed by atoms with E-state index in [0.29, 0.717) is 5.41 Å². The van der Waals surface area contributed by atoms with Gasteiger partial charge in [0, 0.05) is 11.6 Å². The number of rotatable bonds is 6. The van der Waals surface area contributed by atoms with Crippen LogP contribution in [0.1, 0.15) is 51.0 Å². The predicted molar refractivity (Wildman–Crippen MR) is 83.8 cm³/mol. The summed E-state index contributed by atoms with van der Waals surface area (Å²) in [5.41, 5.74) is 1.75. The highest BCUT2D eigenvalue weighted by atomic mass is 35.5. The van der Waals surface area contributed by atoms with E-state index in [0.717, 1.165) is 24.5 Å². The second-order valence-corrected chi connectivity index (χ2v) is 6.41. The molecule has 1 aromatic rings. The van der Waals surface area contributed by atoms with Gasteiger partial charge in [-0.05, 0) is 49.3 Å². The maximum Gasteiger partial charge on any atom is 0.0438 e. The zero-order valence-electron chi connectivity index (χ0n) is 12.1. The van der Waals surface area contributed by atoms with Crippen LogP contribution in [0.4, 0.5) is 0 Å². The van der Waals surface area contributed by atoms with Crippen molar-refractivity contribution in [2.24, 2.45) is 5.41 Å². The third kappa shape index (κ3) is 4.22. The van der Waals surface area contributed by atoms with E-state index in [1.807, 2.05) is 12.1 Å². The van der Waals surface area contributed by atoms with Crippen LogP contribution >= 0.6 is 11.6 Å². The molecule has 1 fully saturated rings. The van der Waals surface area contributed by atoms with Crippen molar-refractivity contribution < 1.29 is 0 Å². The molecule has 1 aliphatic rings. The average molecular weight is 280 g/mol. The van der Waals surface area contributed by atoms with Crippen LogP contribution in [0.2, 0.25) is 5.02 Å². The molecule has 0 amide bonds. The molecule has 0 unspecified atom stereocenters. The summed E-state index contributed by atoms with van der Waals surface area (Å²) in [6, 6.07) is 8.34. The first kappa shape index (κ1) is 14.9. The van der Waals surface area contributed by atoms with Crippen molar-refractivity contribution in [3.63, 3.8) is 0 Å². The molecule has 1 N–H and O–H groups in total. The Labute approximate surface area is 122 Å². The van der Waals surface area contributed by atoms with Crippen LogP contribution in [0.5, 0.6) is 0 Å². The quantitative estimate of drug-likeness (QED) is 0.735. The van der Waals surface area contributed by atoms with Crippen molar-refractivity contribution >= 4 is 11.6 Å². The summed E-state index contributed by atoms with van der Waals surface area (Å²) in [6.45, 7) is 4.50. The largest absolute Gasteiger partial charge is 0.316 e. The highest BCUT2D eigenvalue weighted by molar-refractivity contribution is 6.31. The standard InChI is InChI=1S/C17H26ClN/c1-2-12-19-14-17(10-6-3-7-11-17)13-15-8-4-5-9-16(15)18/h4-5,8-9,19H,2-3,6-7,10-14H2,1H3. The van der Waals surface area contributed by atoms with Crippen LogP contribution in [0.3, 0.4) is 0 Å². The monoisotopic (exact) mass is 279 g/mol. The molecule has 0 radical (unpaired) electrons. The fourth-order valence-electron chi connectivity index (χ4n) is 3.29. The molecule has 0 saturated heterocycles. The molecule has 0 aromatic heterocycles. The lowest BCUT2D eigenvalue weighted by atomic mass is 9.70. The van der Waals surface area contributed by atoms with Gasteiger partial charge in [0.05, 0.1) is 0 Å². The van der Waals surface area contributed by atoms with E-state index in [1.165, 1.54) is 44.1 Å². The van der Waals surface area contributed by atoms with E-state index in [9.17, 15) is 0 Å². The SMILES string of the molecule is CCCNCC1(Cc2ccccc2Cl)CCCCC1. The summed E-state index contributed by atoms with van der Waals surface area (Å²) in [6.07, 6.45) is 9.17. The van der Waals surface area contributed by atoms with Gasteiger partial charge in [0.25, 0.3) is 0 Å². The van der Waals surface area contributed by atoms with Gasteiger partial charge >= 0.3 is 0 Å². The van der Waals surface area contributed by atoms with Crippen molar-refractivity contribution in [1.82, 2.24) is 5.32 Å². The summed E-state index contributed by atoms with van der Waals surface area (Å²) in [7, 11) is 0. The molecule has 0 atom stereocenters. The van der Waals surface area contributed by atoms with Gasteiger partial charge in [-0.1, -0.05) is 56.0 Å². The van der Waals surface area contributed by atoms with Gasteiger partial charge in [0.2, 0.25) is 0 Å². The van der Waals surface area contributed by atoms with E-state index in [-0.39, 0.29) is 0 Å². The molecule has 0 spiro atoms. The van der Waals surface area contributed by atoms with Crippen molar-refractivity contribution in [2.45, 2.75) is 51.9 Å². The van der Waals surface area contributed by atoms with Crippen molar-refractivity contribution in [2.75, 3.05) is 13.1 Å². The molecule has 19 heavy (non-hydrogen) atoms. The van der Waals surface area contributed by atoms with Gasteiger partial charge in [0.15, 0.2) is 0 Å². The van der Waals surface area contributed by atoms with Crippen molar-refractivity contribution in [3.8, 4) is 0 Å². The topological polar surface area (TPSA) is 12.0 Å². The smallest absolute Gasteiger partial charge is 0.0438 e. The summed E-state index contributed by atoms with van der Waals surface area (Å²) in [4.78, 5) is 0. The minimum Gasteiger partial charge on any atom is -0.316 e. The minimum absolute atomic E-state index is 0.429. The number of benzene rings is 1. The van der Waals surface area contributed by atoms with Crippen LogP contribution in [-0.2, 0) is 6.42 Å². The first-order valence-corrected chi connectivity index (χ1v) is 8.08. The Hall–Kier alpha value is -0.530. The fourth-order valence-corrected chi connectivity index (χ4v) is 3.50. The van der Waals surface area contributed by atoms with E-state index >= 15 is 0 Å². The number of nitrogens with one attached hydrogen (secondary N) is 1. The lowest BCUT2D eigenvalue weighted by Gasteiger charge is -2.38. The van der Waals surface area contributed by atoms with Gasteiger partial charge in [-0.15, -0.1) is 0 Å². The zero-order valence-corrected chi connectivity index (χ0v) is 12.8. The average Bonchev–Trinajstić information content (AvgIpc) is 2.43. The zero-order chi connectivity index (χ0) is 13.6. The second-order valence-electron chi connectivity index (χ2n) is 6.01. The molecule has 0 bridgehead atoms. The summed E-state index contributed by atoms with van der Waals surface area (Å²) < 4.78 is 0. The maximum absolute atomic E-state index is 6.35. The van der Waals surface area contributed by atoms with Crippen LogP contribution in [0, 0.1) is 5.41 Å². The summed E-state index contributed by atoms with van der Waals surface area (Å²) >= 11 is 6.35. The van der Waals surface area contributed by atoms with E-state index < -0.39 is 0 Å². The lowest BCUT2D eigenvalue weighted by Crippen LogP contribution is -2.38. The van der Waals surface area contributed by atoms with E-state index in [4.69, 9.17) is 11.6 Å². The molecule has 1 saturated carbocycles. The first-order chi connectivity index (χ1) is 9.26. The highest BCUT2D eigenvalue weighted by Gasteiger charge is 2.32. The third-order valence-corrected chi connectivity index (χ3v) is 4.73. The van der Waals surface area contributed by atoms with Crippen LogP contribution in [0.15, 0.2) is 24.3 Å². The highest BCUT2D eigenvalue weighted by Crippen LogP contribution is 2.39. The summed E-state index contributed by atoms with van der Waals surface area (Å²) in [5, 5.41) is 4.58. The molecule has 0 aliphatic heterocycles. The normalized spacial score (nSPS) is 18.4. The predicted octanol–water partition coefficient (Wildman–Crippen LogP) is 4.83. The Morgan fingerprint density at radius 2 is 1.89 bits per heavy atom. The molecule has 2 heteroatoms. The van der Waals surface area contributed by atoms with Crippen LogP contribution in [0.25, 0.3) is 0 Å². The Bertz CT molecular complexity index is 383. The molecule has 2 rings (SSSR count). The summed E-state index contributed by atoms with van der Waals surface area (Å²) in [5.74, 6) is 0. The number of hydrogen-bond acceptors (Lipinski definition) is 1. The van der Waals surface area contributed by atoms with Crippen LogP contribution < -0.4 is 5.32 Å². The van der Waals surface area contributed by atoms with E-state index in [2.05, 4.69) is 24.4 Å². The Balaban J connectivity index is 2.06. The molecule has 1 nitrogen and oxygen atoms in total. The lowest BCUT2D eigenvalue weighted by molar-refractivity contribution is 0.181. The van der Waals surface area contributed by atoms with Gasteiger partial charge in [-0.2, -0.15) is 0 Å². The van der Waals surface area contributed by atoms with E-state index in [1.54, 1.807) is 0 Å². The van der Waals surface area contributed by atoms with Gasteiger partial charge in [-0.3, -0.25) is 0 Å².